The van der Waals surface area contributed by atoms with Crippen LogP contribution in [0, 0.1) is 5.41 Å². The van der Waals surface area contributed by atoms with Crippen LogP contribution in [0.1, 0.15) is 69.6 Å². The number of halogens is 3. The molecule has 8 nitrogen and oxygen atoms in total. The molecule has 3 N–H and O–H groups in total. The van der Waals surface area contributed by atoms with Crippen LogP contribution in [0.3, 0.4) is 0 Å². The summed E-state index contributed by atoms with van der Waals surface area (Å²) in [5.74, 6) is 0.879. The van der Waals surface area contributed by atoms with Gasteiger partial charge in [-0.15, -0.1) is 13.2 Å². The lowest BCUT2D eigenvalue weighted by atomic mass is 9.93. The minimum atomic E-state index is -4.75. The summed E-state index contributed by atoms with van der Waals surface area (Å²) in [6, 6.07) is 20.5. The van der Waals surface area contributed by atoms with Crippen molar-refractivity contribution in [3.8, 4) is 5.75 Å². The van der Waals surface area contributed by atoms with Gasteiger partial charge >= 0.3 is 12.4 Å². The van der Waals surface area contributed by atoms with E-state index in [2.05, 4.69) is 63.2 Å². The molecule has 2 amide bonds. The molecule has 4 rings (SSSR count). The Balaban J connectivity index is 1.35. The summed E-state index contributed by atoms with van der Waals surface area (Å²) in [6.07, 6.45) is -2.46. The Kier molecular flexibility index (Phi) is 11.5. The maximum atomic E-state index is 13.1. The van der Waals surface area contributed by atoms with Crippen molar-refractivity contribution in [2.24, 2.45) is 9.98 Å². The molecule has 3 aromatic carbocycles. The first kappa shape index (κ1) is 34.6. The van der Waals surface area contributed by atoms with Gasteiger partial charge in [0, 0.05) is 40.7 Å². The van der Waals surface area contributed by atoms with Crippen LogP contribution in [0.5, 0.6) is 5.75 Å². The number of rotatable bonds is 9. The van der Waals surface area contributed by atoms with E-state index >= 15 is 0 Å². The first-order valence-electron chi connectivity index (χ1n) is 15.1. The van der Waals surface area contributed by atoms with E-state index in [-0.39, 0.29) is 35.6 Å². The molecule has 0 spiro atoms. The topological polar surface area (TPSA) is 102 Å². The quantitative estimate of drug-likeness (QED) is 0.158. The molecule has 3 aromatic rings. The lowest BCUT2D eigenvalue weighted by Crippen LogP contribution is -2.43. The van der Waals surface area contributed by atoms with Gasteiger partial charge in [0.15, 0.2) is 11.0 Å². The number of aliphatic imine (C=N–C) groups is 2. The number of benzene rings is 3. The number of hydrogen-bond donors (Lipinski definition) is 3. The Morgan fingerprint density at radius 3 is 2.37 bits per heavy atom. The van der Waals surface area contributed by atoms with Gasteiger partial charge < -0.3 is 20.3 Å². The van der Waals surface area contributed by atoms with E-state index in [1.54, 1.807) is 23.9 Å². The van der Waals surface area contributed by atoms with E-state index in [0.29, 0.717) is 22.3 Å². The molecule has 0 saturated carbocycles. The van der Waals surface area contributed by atoms with Crippen molar-refractivity contribution < 1.29 is 22.7 Å². The number of carbonyl (C=O) groups excluding carboxylic acids is 1. The second-order valence-electron chi connectivity index (χ2n) is 11.4. The number of para-hydroxylation sites is 1. The Labute approximate surface area is 272 Å². The summed E-state index contributed by atoms with van der Waals surface area (Å²) < 4.78 is 40.8. The third-order valence-corrected chi connectivity index (χ3v) is 8.74. The Morgan fingerprint density at radius 1 is 1.04 bits per heavy atom. The van der Waals surface area contributed by atoms with Crippen molar-refractivity contribution in [1.29, 1.82) is 5.41 Å². The second kappa shape index (κ2) is 15.3. The Hall–Kier alpha value is -4.32. The number of alkyl halides is 3. The van der Waals surface area contributed by atoms with E-state index in [9.17, 15) is 18.0 Å². The van der Waals surface area contributed by atoms with Crippen molar-refractivity contribution in [1.82, 2.24) is 5.32 Å². The standard InChI is InChI=1S/C34H39F3N6O2S/c1-21(2)29-8-6-7-9-30(29)43-22(3)18-19-46-33(43)42-32(44)41-24(5)23(4)25-10-12-26(13-11-25)31(38)40-20-39-27-14-16-28(17-15-27)45-34(35,36)37/h6-17,20-24H,18-19H2,1-5H3,(H,41,44)(H2,38,39,40)/b42-33-. The van der Waals surface area contributed by atoms with Gasteiger partial charge in [-0.3, -0.25) is 5.41 Å². The summed E-state index contributed by atoms with van der Waals surface area (Å²) in [6.45, 7) is 10.5. The number of thioether (sulfide) groups is 1. The molecule has 1 aliphatic heterocycles. The molecule has 3 unspecified atom stereocenters. The lowest BCUT2D eigenvalue weighted by Gasteiger charge is -2.37. The number of amides is 2. The number of urea groups is 1. The van der Waals surface area contributed by atoms with Crippen molar-refractivity contribution in [3.63, 3.8) is 0 Å². The molecule has 1 fully saturated rings. The summed E-state index contributed by atoms with van der Waals surface area (Å²) in [5.41, 5.74) is 4.36. The number of amidine groups is 2. The van der Waals surface area contributed by atoms with Crippen LogP contribution in [0.25, 0.3) is 0 Å². The highest BCUT2D eigenvalue weighted by atomic mass is 32.2. The third-order valence-electron chi connectivity index (χ3n) is 7.75. The van der Waals surface area contributed by atoms with Crippen LogP contribution in [0.2, 0.25) is 0 Å². The number of anilines is 2. The van der Waals surface area contributed by atoms with Crippen LogP contribution >= 0.6 is 11.8 Å². The van der Waals surface area contributed by atoms with E-state index in [1.807, 2.05) is 38.1 Å². The normalized spacial score (nSPS) is 17.6. The van der Waals surface area contributed by atoms with Crippen LogP contribution in [0.15, 0.2) is 82.8 Å². The molecule has 0 aliphatic carbocycles. The predicted molar refractivity (Wildman–Crippen MR) is 182 cm³/mol. The zero-order valence-corrected chi connectivity index (χ0v) is 27.2. The zero-order chi connectivity index (χ0) is 33.4. The molecule has 244 valence electrons. The number of nitrogens with one attached hydrogen (secondary N) is 3. The van der Waals surface area contributed by atoms with Gasteiger partial charge in [-0.25, -0.2) is 9.79 Å². The molecule has 46 heavy (non-hydrogen) atoms. The minimum Gasteiger partial charge on any atom is -0.406 e. The van der Waals surface area contributed by atoms with E-state index in [0.717, 1.165) is 23.4 Å². The van der Waals surface area contributed by atoms with Crippen molar-refractivity contribution >= 4 is 46.5 Å². The summed E-state index contributed by atoms with van der Waals surface area (Å²) in [5, 5.41) is 14.8. The lowest BCUT2D eigenvalue weighted by molar-refractivity contribution is -0.274. The van der Waals surface area contributed by atoms with Crippen LogP contribution in [0.4, 0.5) is 29.3 Å². The molecule has 0 bridgehead atoms. The van der Waals surface area contributed by atoms with Crippen molar-refractivity contribution in [2.45, 2.75) is 71.3 Å². The van der Waals surface area contributed by atoms with Crippen molar-refractivity contribution in [3.05, 3.63) is 89.5 Å². The average Bonchev–Trinajstić information content (AvgIpc) is 3.01. The van der Waals surface area contributed by atoms with Gasteiger partial charge in [-0.1, -0.05) is 75.0 Å². The van der Waals surface area contributed by atoms with Gasteiger partial charge in [0.05, 0.1) is 6.34 Å². The molecule has 1 heterocycles. The SMILES string of the molecule is CC(C)c1ccccc1N1/C(=N/C(=O)NC(C)C(C)c2ccc(C(=N)/N=C\Nc3ccc(OC(F)(F)F)cc3)cc2)SCCC1C. The Bertz CT molecular complexity index is 1560. The van der Waals surface area contributed by atoms with Gasteiger partial charge in [0.1, 0.15) is 5.75 Å². The number of ether oxygens (including phenoxy) is 1. The van der Waals surface area contributed by atoms with E-state index in [4.69, 9.17) is 5.41 Å². The number of hydrogen-bond acceptors (Lipinski definition) is 4. The fraction of sp³-hybridized carbons (Fsp3) is 0.353. The summed E-state index contributed by atoms with van der Waals surface area (Å²) in [4.78, 5) is 23.9. The first-order valence-corrected chi connectivity index (χ1v) is 16.0. The molecular weight excluding hydrogens is 613 g/mol. The first-order chi connectivity index (χ1) is 21.8. The minimum absolute atomic E-state index is 0.00343. The number of nitrogens with zero attached hydrogens (tertiary/aromatic N) is 3. The van der Waals surface area contributed by atoms with E-state index in [1.165, 1.54) is 36.2 Å². The fourth-order valence-corrected chi connectivity index (χ4v) is 6.21. The molecular formula is C34H39F3N6O2S. The fourth-order valence-electron chi connectivity index (χ4n) is 5.00. The molecule has 12 heteroatoms. The molecule has 1 aliphatic rings. The molecule has 3 atom stereocenters. The zero-order valence-electron chi connectivity index (χ0n) is 26.4. The molecule has 0 aromatic heterocycles. The van der Waals surface area contributed by atoms with Crippen LogP contribution < -0.4 is 20.3 Å². The predicted octanol–water partition coefficient (Wildman–Crippen LogP) is 8.76. The van der Waals surface area contributed by atoms with Crippen LogP contribution in [-0.4, -0.2) is 47.6 Å². The van der Waals surface area contributed by atoms with Gasteiger partial charge in [0.2, 0.25) is 0 Å². The molecule has 0 radical (unpaired) electrons. The highest BCUT2D eigenvalue weighted by Crippen LogP contribution is 2.35. The maximum absolute atomic E-state index is 13.1. The Morgan fingerprint density at radius 2 is 1.72 bits per heavy atom. The highest BCUT2D eigenvalue weighted by molar-refractivity contribution is 8.14. The van der Waals surface area contributed by atoms with Gasteiger partial charge in [0.25, 0.3) is 0 Å². The van der Waals surface area contributed by atoms with Crippen molar-refractivity contribution in [2.75, 3.05) is 16.0 Å². The average molecular weight is 653 g/mol. The summed E-state index contributed by atoms with van der Waals surface area (Å²) >= 11 is 1.60. The van der Waals surface area contributed by atoms with Crippen LogP contribution in [-0.2, 0) is 0 Å². The van der Waals surface area contributed by atoms with Gasteiger partial charge in [-0.2, -0.15) is 4.99 Å². The smallest absolute Gasteiger partial charge is 0.406 e. The maximum Gasteiger partial charge on any atom is 0.573 e. The summed E-state index contributed by atoms with van der Waals surface area (Å²) in [7, 11) is 0. The largest absolute Gasteiger partial charge is 0.573 e. The highest BCUT2D eigenvalue weighted by Gasteiger charge is 2.31. The third kappa shape index (κ3) is 9.35. The van der Waals surface area contributed by atoms with Gasteiger partial charge in [-0.05, 0) is 67.6 Å². The molecule has 1 saturated heterocycles. The monoisotopic (exact) mass is 652 g/mol. The number of carbonyl (C=O) groups is 1. The van der Waals surface area contributed by atoms with E-state index < -0.39 is 6.36 Å². The second-order valence-corrected chi connectivity index (χ2v) is 12.5.